The van der Waals surface area contributed by atoms with Gasteiger partial charge in [0.2, 0.25) is 0 Å². The van der Waals surface area contributed by atoms with Gasteiger partial charge in [0.1, 0.15) is 5.01 Å². The molecular formula is C12H15N3S. The number of hydrogen-bond donors (Lipinski definition) is 2. The molecule has 0 amide bonds. The summed E-state index contributed by atoms with van der Waals surface area (Å²) in [7, 11) is 0. The van der Waals surface area contributed by atoms with Gasteiger partial charge in [-0.15, -0.1) is 11.3 Å². The smallest absolute Gasteiger partial charge is 0.107 e. The Balaban J connectivity index is 1.84. The number of benzene rings is 1. The molecule has 0 saturated heterocycles. The van der Waals surface area contributed by atoms with Gasteiger partial charge in [0, 0.05) is 29.9 Å². The maximum absolute atomic E-state index is 5.71. The Morgan fingerprint density at radius 2 is 2.25 bits per heavy atom. The number of hydrogen-bond acceptors (Lipinski definition) is 4. The number of nitrogen functional groups attached to an aromatic ring is 1. The van der Waals surface area contributed by atoms with Crippen LogP contribution in [0.15, 0.2) is 29.6 Å². The van der Waals surface area contributed by atoms with Crippen molar-refractivity contribution in [1.82, 2.24) is 10.3 Å². The molecule has 4 heteroatoms. The minimum Gasteiger partial charge on any atom is -0.399 e. The number of thiazole rings is 1. The first-order chi connectivity index (χ1) is 7.74. The Kier molecular flexibility index (Phi) is 3.54. The molecule has 2 rings (SSSR count). The van der Waals surface area contributed by atoms with Gasteiger partial charge >= 0.3 is 0 Å². The normalized spacial score (nSPS) is 10.6. The molecule has 0 atom stereocenters. The van der Waals surface area contributed by atoms with Crippen molar-refractivity contribution in [2.75, 3.05) is 5.73 Å². The zero-order valence-corrected chi connectivity index (χ0v) is 10.1. The van der Waals surface area contributed by atoms with E-state index >= 15 is 0 Å². The van der Waals surface area contributed by atoms with Gasteiger partial charge in [0.05, 0.1) is 0 Å². The SMILES string of the molecule is Cc1csc(CNCc2cccc(N)c2)n1. The van der Waals surface area contributed by atoms with Crippen LogP contribution in [-0.4, -0.2) is 4.98 Å². The Morgan fingerprint density at radius 1 is 1.38 bits per heavy atom. The second-order valence-electron chi connectivity index (χ2n) is 3.73. The topological polar surface area (TPSA) is 50.9 Å². The number of aryl methyl sites for hydroxylation is 1. The van der Waals surface area contributed by atoms with Crippen molar-refractivity contribution < 1.29 is 0 Å². The third kappa shape index (κ3) is 3.05. The van der Waals surface area contributed by atoms with Crippen molar-refractivity contribution in [3.05, 3.63) is 45.9 Å². The zero-order chi connectivity index (χ0) is 11.4. The maximum atomic E-state index is 5.71. The molecule has 1 aromatic heterocycles. The van der Waals surface area contributed by atoms with Crippen LogP contribution in [0.2, 0.25) is 0 Å². The predicted octanol–water partition coefficient (Wildman–Crippen LogP) is 2.32. The molecule has 0 aliphatic heterocycles. The highest BCUT2D eigenvalue weighted by Crippen LogP contribution is 2.09. The van der Waals surface area contributed by atoms with E-state index < -0.39 is 0 Å². The average Bonchev–Trinajstić information content (AvgIpc) is 2.64. The molecule has 84 valence electrons. The molecule has 0 aliphatic carbocycles. The molecule has 0 fully saturated rings. The van der Waals surface area contributed by atoms with E-state index in [9.17, 15) is 0 Å². The molecule has 16 heavy (non-hydrogen) atoms. The third-order valence-electron chi connectivity index (χ3n) is 2.22. The fourth-order valence-electron chi connectivity index (χ4n) is 1.50. The number of nitrogens with zero attached hydrogens (tertiary/aromatic N) is 1. The van der Waals surface area contributed by atoms with E-state index in [2.05, 4.69) is 21.7 Å². The van der Waals surface area contributed by atoms with E-state index in [1.54, 1.807) is 11.3 Å². The highest BCUT2D eigenvalue weighted by molar-refractivity contribution is 7.09. The molecule has 0 radical (unpaired) electrons. The lowest BCUT2D eigenvalue weighted by molar-refractivity contribution is 0.689. The molecule has 1 heterocycles. The van der Waals surface area contributed by atoms with Crippen LogP contribution in [0.5, 0.6) is 0 Å². The van der Waals surface area contributed by atoms with E-state index in [0.717, 1.165) is 29.5 Å². The molecule has 1 aromatic carbocycles. The second-order valence-corrected chi connectivity index (χ2v) is 4.67. The first-order valence-corrected chi connectivity index (χ1v) is 6.08. The molecule has 3 N–H and O–H groups in total. The van der Waals surface area contributed by atoms with Crippen molar-refractivity contribution in [2.24, 2.45) is 0 Å². The minimum absolute atomic E-state index is 0.810. The largest absolute Gasteiger partial charge is 0.399 e. The molecule has 0 saturated carbocycles. The zero-order valence-electron chi connectivity index (χ0n) is 9.23. The molecule has 0 aliphatic rings. The molecular weight excluding hydrogens is 218 g/mol. The van der Waals surface area contributed by atoms with Crippen molar-refractivity contribution in [1.29, 1.82) is 0 Å². The number of anilines is 1. The number of nitrogens with two attached hydrogens (primary N) is 1. The average molecular weight is 233 g/mol. The number of aromatic nitrogens is 1. The predicted molar refractivity (Wildman–Crippen MR) is 68.2 cm³/mol. The van der Waals surface area contributed by atoms with Crippen molar-refractivity contribution in [2.45, 2.75) is 20.0 Å². The van der Waals surface area contributed by atoms with E-state index in [1.807, 2.05) is 25.1 Å². The lowest BCUT2D eigenvalue weighted by atomic mass is 10.2. The first-order valence-electron chi connectivity index (χ1n) is 5.20. The maximum Gasteiger partial charge on any atom is 0.107 e. The summed E-state index contributed by atoms with van der Waals surface area (Å²) < 4.78 is 0. The summed E-state index contributed by atoms with van der Waals surface area (Å²) in [6.45, 7) is 3.65. The summed E-state index contributed by atoms with van der Waals surface area (Å²) in [5, 5.41) is 6.54. The molecule has 0 bridgehead atoms. The van der Waals surface area contributed by atoms with Crippen LogP contribution in [0, 0.1) is 6.92 Å². The highest BCUT2D eigenvalue weighted by Gasteiger charge is 1.98. The monoisotopic (exact) mass is 233 g/mol. The first kappa shape index (κ1) is 11.1. The van der Waals surface area contributed by atoms with Crippen molar-refractivity contribution >= 4 is 17.0 Å². The minimum atomic E-state index is 0.810. The van der Waals surface area contributed by atoms with Gasteiger partial charge in [-0.1, -0.05) is 12.1 Å². The highest BCUT2D eigenvalue weighted by atomic mass is 32.1. The van der Waals surface area contributed by atoms with E-state index in [4.69, 9.17) is 5.73 Å². The van der Waals surface area contributed by atoms with Crippen molar-refractivity contribution in [3.8, 4) is 0 Å². The van der Waals surface area contributed by atoms with E-state index in [1.165, 1.54) is 5.56 Å². The summed E-state index contributed by atoms with van der Waals surface area (Å²) >= 11 is 1.69. The van der Waals surface area contributed by atoms with Gasteiger partial charge in [-0.25, -0.2) is 4.98 Å². The number of nitrogens with one attached hydrogen (secondary N) is 1. The number of rotatable bonds is 4. The fourth-order valence-corrected chi connectivity index (χ4v) is 2.24. The Labute approximate surface area is 99.3 Å². The van der Waals surface area contributed by atoms with Gasteiger partial charge in [-0.3, -0.25) is 0 Å². The quantitative estimate of drug-likeness (QED) is 0.797. The van der Waals surface area contributed by atoms with Crippen LogP contribution in [-0.2, 0) is 13.1 Å². The van der Waals surface area contributed by atoms with E-state index in [0.29, 0.717) is 0 Å². The summed E-state index contributed by atoms with van der Waals surface area (Å²) in [6, 6.07) is 7.92. The van der Waals surface area contributed by atoms with Gasteiger partial charge in [0.15, 0.2) is 0 Å². The van der Waals surface area contributed by atoms with Gasteiger partial charge in [0.25, 0.3) is 0 Å². The van der Waals surface area contributed by atoms with Crippen LogP contribution in [0.3, 0.4) is 0 Å². The Bertz CT molecular complexity index is 465. The van der Waals surface area contributed by atoms with Gasteiger partial charge in [-0.05, 0) is 24.6 Å². The third-order valence-corrected chi connectivity index (χ3v) is 3.19. The summed E-state index contributed by atoms with van der Waals surface area (Å²) in [5.41, 5.74) is 8.81. The Morgan fingerprint density at radius 3 is 2.94 bits per heavy atom. The van der Waals surface area contributed by atoms with Crippen molar-refractivity contribution in [3.63, 3.8) is 0 Å². The molecule has 3 nitrogen and oxygen atoms in total. The standard InChI is InChI=1S/C12H15N3S/c1-9-8-16-12(15-9)7-14-6-10-3-2-4-11(13)5-10/h2-5,8,14H,6-7,13H2,1H3. The van der Waals surface area contributed by atoms with Crippen LogP contribution in [0.4, 0.5) is 5.69 Å². The molecule has 2 aromatic rings. The van der Waals surface area contributed by atoms with Gasteiger partial charge in [-0.2, -0.15) is 0 Å². The summed E-state index contributed by atoms with van der Waals surface area (Å²) in [5.74, 6) is 0. The van der Waals surface area contributed by atoms with Crippen LogP contribution in [0.25, 0.3) is 0 Å². The molecule has 0 unspecified atom stereocenters. The molecule has 0 spiro atoms. The second kappa shape index (κ2) is 5.09. The van der Waals surface area contributed by atoms with E-state index in [-0.39, 0.29) is 0 Å². The van der Waals surface area contributed by atoms with Crippen LogP contribution in [0.1, 0.15) is 16.3 Å². The fraction of sp³-hybridized carbons (Fsp3) is 0.250. The Hall–Kier alpha value is -1.39. The van der Waals surface area contributed by atoms with Gasteiger partial charge < -0.3 is 11.1 Å². The lowest BCUT2D eigenvalue weighted by Crippen LogP contribution is -2.12. The summed E-state index contributed by atoms with van der Waals surface area (Å²) in [6.07, 6.45) is 0. The summed E-state index contributed by atoms with van der Waals surface area (Å²) in [4.78, 5) is 4.39. The van der Waals surface area contributed by atoms with Crippen LogP contribution < -0.4 is 11.1 Å². The van der Waals surface area contributed by atoms with Crippen LogP contribution >= 0.6 is 11.3 Å². The lowest BCUT2D eigenvalue weighted by Gasteiger charge is -2.03.